The molecule has 1 aliphatic rings. The van der Waals surface area contributed by atoms with Gasteiger partial charge in [0.05, 0.1) is 11.8 Å². The minimum Gasteiger partial charge on any atom is -0.384 e. The smallest absolute Gasteiger partial charge is 0.231 e. The summed E-state index contributed by atoms with van der Waals surface area (Å²) in [5.74, 6) is 0.648. The molecule has 0 unspecified atom stereocenters. The van der Waals surface area contributed by atoms with Crippen molar-refractivity contribution in [3.05, 3.63) is 18.3 Å². The molecule has 1 heterocycles. The standard InChI is InChI=1S/C14H18N4OS/c15-10-14(6-2-1-3-7-14)18-13(19)9-20-11-4-5-12(16)17-8-11/h4-5,8H,1-3,6-7,9H2,(H2,16,17)(H,18,19). The lowest BCUT2D eigenvalue weighted by Crippen LogP contribution is -2.49. The number of nitriles is 1. The number of nitrogens with one attached hydrogen (secondary N) is 1. The number of rotatable bonds is 4. The van der Waals surface area contributed by atoms with Crippen molar-refractivity contribution in [2.24, 2.45) is 0 Å². The van der Waals surface area contributed by atoms with Gasteiger partial charge in [0, 0.05) is 11.1 Å². The summed E-state index contributed by atoms with van der Waals surface area (Å²) in [7, 11) is 0. The molecule has 106 valence electrons. The number of carbonyl (C=O) groups excluding carboxylic acids is 1. The van der Waals surface area contributed by atoms with Crippen LogP contribution in [0.4, 0.5) is 5.82 Å². The van der Waals surface area contributed by atoms with Crippen LogP contribution in [0.15, 0.2) is 23.2 Å². The van der Waals surface area contributed by atoms with Gasteiger partial charge in [-0.25, -0.2) is 4.98 Å². The van der Waals surface area contributed by atoms with E-state index in [9.17, 15) is 10.1 Å². The Hall–Kier alpha value is -1.74. The fourth-order valence-corrected chi connectivity index (χ4v) is 3.01. The number of hydrogen-bond donors (Lipinski definition) is 2. The maximum absolute atomic E-state index is 12.0. The van der Waals surface area contributed by atoms with Gasteiger partial charge in [-0.3, -0.25) is 4.79 Å². The average molecular weight is 290 g/mol. The molecule has 1 saturated carbocycles. The molecule has 1 fully saturated rings. The summed E-state index contributed by atoms with van der Waals surface area (Å²) in [5.41, 5.74) is 4.85. The van der Waals surface area contributed by atoms with Crippen molar-refractivity contribution in [3.8, 4) is 6.07 Å². The molecule has 20 heavy (non-hydrogen) atoms. The van der Waals surface area contributed by atoms with Crippen molar-refractivity contribution in [2.75, 3.05) is 11.5 Å². The number of pyridine rings is 1. The highest BCUT2D eigenvalue weighted by atomic mass is 32.2. The molecule has 0 atom stereocenters. The lowest BCUT2D eigenvalue weighted by Gasteiger charge is -2.31. The Morgan fingerprint density at radius 3 is 2.80 bits per heavy atom. The monoisotopic (exact) mass is 290 g/mol. The molecule has 6 heteroatoms. The minimum absolute atomic E-state index is 0.102. The molecule has 0 radical (unpaired) electrons. The number of thioether (sulfide) groups is 1. The van der Waals surface area contributed by atoms with E-state index in [-0.39, 0.29) is 11.7 Å². The first-order valence-corrected chi connectivity index (χ1v) is 7.69. The summed E-state index contributed by atoms with van der Waals surface area (Å²) in [6.07, 6.45) is 6.30. The Balaban J connectivity index is 1.85. The largest absolute Gasteiger partial charge is 0.384 e. The van der Waals surface area contributed by atoms with E-state index in [0.717, 1.165) is 37.0 Å². The molecule has 0 spiro atoms. The van der Waals surface area contributed by atoms with Gasteiger partial charge >= 0.3 is 0 Å². The molecule has 0 aromatic carbocycles. The third-order valence-corrected chi connectivity index (χ3v) is 4.41. The van der Waals surface area contributed by atoms with Gasteiger partial charge in [0.25, 0.3) is 0 Å². The minimum atomic E-state index is -0.657. The van der Waals surface area contributed by atoms with E-state index < -0.39 is 5.54 Å². The fraction of sp³-hybridized carbons (Fsp3) is 0.500. The van der Waals surface area contributed by atoms with Crippen molar-refractivity contribution in [2.45, 2.75) is 42.5 Å². The topological polar surface area (TPSA) is 91.8 Å². The van der Waals surface area contributed by atoms with Crippen LogP contribution in [0.2, 0.25) is 0 Å². The highest BCUT2D eigenvalue weighted by molar-refractivity contribution is 8.00. The van der Waals surface area contributed by atoms with Crippen LogP contribution in [-0.4, -0.2) is 22.2 Å². The molecule has 1 amide bonds. The molecule has 5 nitrogen and oxygen atoms in total. The molecule has 0 saturated heterocycles. The van der Waals surface area contributed by atoms with Gasteiger partial charge in [0.2, 0.25) is 5.91 Å². The Labute approximate surface area is 122 Å². The predicted octanol–water partition coefficient (Wildman–Crippen LogP) is 2.10. The zero-order valence-electron chi connectivity index (χ0n) is 11.3. The van der Waals surface area contributed by atoms with Crippen molar-refractivity contribution >= 4 is 23.5 Å². The first kappa shape index (κ1) is 14.7. The third-order valence-electron chi connectivity index (χ3n) is 3.43. The van der Waals surface area contributed by atoms with Crippen molar-refractivity contribution < 1.29 is 4.79 Å². The Morgan fingerprint density at radius 1 is 1.45 bits per heavy atom. The van der Waals surface area contributed by atoms with Crippen LogP contribution in [0.5, 0.6) is 0 Å². The second-order valence-corrected chi connectivity index (χ2v) is 6.06. The molecule has 0 bridgehead atoms. The normalized spacial score (nSPS) is 17.1. The molecule has 2 rings (SSSR count). The summed E-state index contributed by atoms with van der Waals surface area (Å²) in [6.45, 7) is 0. The molecule has 0 aliphatic heterocycles. The summed E-state index contributed by atoms with van der Waals surface area (Å²) in [4.78, 5) is 16.9. The molecule has 1 aliphatic carbocycles. The number of aromatic nitrogens is 1. The van der Waals surface area contributed by atoms with Crippen molar-refractivity contribution in [3.63, 3.8) is 0 Å². The zero-order valence-corrected chi connectivity index (χ0v) is 12.1. The van der Waals surface area contributed by atoms with Gasteiger partial charge in [0.1, 0.15) is 11.4 Å². The number of carbonyl (C=O) groups is 1. The maximum Gasteiger partial charge on any atom is 0.231 e. The number of hydrogen-bond acceptors (Lipinski definition) is 5. The SMILES string of the molecule is N#CC1(NC(=O)CSc2ccc(N)nc2)CCCCC1. The summed E-state index contributed by atoms with van der Waals surface area (Å²) < 4.78 is 0. The Bertz CT molecular complexity index is 503. The van der Waals surface area contributed by atoms with Gasteiger partial charge in [-0.1, -0.05) is 19.3 Å². The van der Waals surface area contributed by atoms with E-state index in [1.807, 2.05) is 6.07 Å². The first-order valence-electron chi connectivity index (χ1n) is 6.70. The lowest BCUT2D eigenvalue weighted by molar-refractivity contribution is -0.120. The predicted molar refractivity (Wildman–Crippen MR) is 78.9 cm³/mol. The van der Waals surface area contributed by atoms with Crippen LogP contribution in [0.25, 0.3) is 0 Å². The van der Waals surface area contributed by atoms with Crippen LogP contribution in [0.1, 0.15) is 32.1 Å². The highest BCUT2D eigenvalue weighted by Gasteiger charge is 2.33. The van der Waals surface area contributed by atoms with Gasteiger partial charge in [-0.2, -0.15) is 5.26 Å². The van der Waals surface area contributed by atoms with Crippen molar-refractivity contribution in [1.29, 1.82) is 5.26 Å². The van der Waals surface area contributed by atoms with Crippen LogP contribution >= 0.6 is 11.8 Å². The van der Waals surface area contributed by atoms with Crippen LogP contribution < -0.4 is 11.1 Å². The van der Waals surface area contributed by atoms with Crippen LogP contribution in [0, 0.1) is 11.3 Å². The summed E-state index contributed by atoms with van der Waals surface area (Å²) >= 11 is 1.40. The lowest BCUT2D eigenvalue weighted by atomic mass is 9.83. The van der Waals surface area contributed by atoms with E-state index in [2.05, 4.69) is 16.4 Å². The van der Waals surface area contributed by atoms with E-state index in [1.165, 1.54) is 11.8 Å². The van der Waals surface area contributed by atoms with Gasteiger partial charge in [-0.05, 0) is 25.0 Å². The van der Waals surface area contributed by atoms with Crippen LogP contribution in [-0.2, 0) is 4.79 Å². The Morgan fingerprint density at radius 2 is 2.20 bits per heavy atom. The molecule has 3 N–H and O–H groups in total. The zero-order chi connectivity index (χ0) is 14.4. The molecular formula is C14H18N4OS. The Kier molecular flexibility index (Phi) is 4.85. The number of amides is 1. The highest BCUT2D eigenvalue weighted by Crippen LogP contribution is 2.28. The third kappa shape index (κ3) is 3.87. The number of anilines is 1. The molecule has 1 aromatic rings. The van der Waals surface area contributed by atoms with E-state index in [1.54, 1.807) is 12.3 Å². The second kappa shape index (κ2) is 6.62. The van der Waals surface area contributed by atoms with Crippen LogP contribution in [0.3, 0.4) is 0 Å². The molecular weight excluding hydrogens is 272 g/mol. The van der Waals surface area contributed by atoms with E-state index >= 15 is 0 Å². The first-order chi connectivity index (χ1) is 9.63. The number of nitrogens with zero attached hydrogens (tertiary/aromatic N) is 2. The molecule has 1 aromatic heterocycles. The summed E-state index contributed by atoms with van der Waals surface area (Å²) in [5, 5.41) is 12.2. The quantitative estimate of drug-likeness (QED) is 0.828. The van der Waals surface area contributed by atoms with Gasteiger partial charge in [0.15, 0.2) is 0 Å². The van der Waals surface area contributed by atoms with Gasteiger partial charge in [-0.15, -0.1) is 11.8 Å². The van der Waals surface area contributed by atoms with Crippen molar-refractivity contribution in [1.82, 2.24) is 10.3 Å². The van der Waals surface area contributed by atoms with E-state index in [4.69, 9.17) is 5.73 Å². The number of nitrogen functional groups attached to an aromatic ring is 1. The van der Waals surface area contributed by atoms with Gasteiger partial charge < -0.3 is 11.1 Å². The number of nitrogens with two attached hydrogens (primary N) is 1. The second-order valence-electron chi connectivity index (χ2n) is 5.01. The fourth-order valence-electron chi connectivity index (χ4n) is 2.35. The van der Waals surface area contributed by atoms with E-state index in [0.29, 0.717) is 5.82 Å². The maximum atomic E-state index is 12.0. The average Bonchev–Trinajstić information content (AvgIpc) is 2.47. The summed E-state index contributed by atoms with van der Waals surface area (Å²) in [6, 6.07) is 5.82.